The Morgan fingerprint density at radius 3 is 2.50 bits per heavy atom. The van der Waals surface area contributed by atoms with Crippen molar-refractivity contribution in [2.24, 2.45) is 5.73 Å². The molecule has 2 unspecified atom stereocenters. The van der Waals surface area contributed by atoms with Gasteiger partial charge in [0.2, 0.25) is 0 Å². The second-order valence-electron chi connectivity index (χ2n) is 3.35. The second kappa shape index (κ2) is 3.68. The fraction of sp³-hybridized carbons (Fsp3) is 0.500. The third-order valence-electron chi connectivity index (χ3n) is 2.17. The van der Waals surface area contributed by atoms with Gasteiger partial charge in [0, 0.05) is 23.3 Å². The molecule has 0 aliphatic rings. The molecule has 0 aromatic carbocycles. The third kappa shape index (κ3) is 2.05. The minimum atomic E-state index is 0.166. The molecule has 0 spiro atoms. The molecule has 12 heavy (non-hydrogen) atoms. The number of nitrogens with two attached hydrogens (primary N) is 1. The quantitative estimate of drug-likeness (QED) is 0.724. The molecule has 0 saturated heterocycles. The van der Waals surface area contributed by atoms with Crippen molar-refractivity contribution < 1.29 is 0 Å². The monoisotopic (exact) mass is 164 g/mol. The SMILES string of the molecule is Cc1cccc(C(C)C(C)N)n1. The maximum atomic E-state index is 5.78. The number of pyridine rings is 1. The molecule has 66 valence electrons. The summed E-state index contributed by atoms with van der Waals surface area (Å²) in [5.41, 5.74) is 7.92. The average molecular weight is 164 g/mol. The Hall–Kier alpha value is -0.890. The first-order valence-corrected chi connectivity index (χ1v) is 4.30. The molecule has 0 bridgehead atoms. The van der Waals surface area contributed by atoms with Crippen LogP contribution in [-0.4, -0.2) is 11.0 Å². The molecule has 0 saturated carbocycles. The van der Waals surface area contributed by atoms with E-state index in [2.05, 4.69) is 11.9 Å². The molecule has 0 aliphatic heterocycles. The van der Waals surface area contributed by atoms with E-state index in [1.54, 1.807) is 0 Å². The van der Waals surface area contributed by atoms with Crippen LogP contribution >= 0.6 is 0 Å². The van der Waals surface area contributed by atoms with E-state index in [-0.39, 0.29) is 6.04 Å². The van der Waals surface area contributed by atoms with E-state index in [4.69, 9.17) is 5.73 Å². The van der Waals surface area contributed by atoms with Gasteiger partial charge in [-0.2, -0.15) is 0 Å². The largest absolute Gasteiger partial charge is 0.327 e. The van der Waals surface area contributed by atoms with Gasteiger partial charge >= 0.3 is 0 Å². The Bertz CT molecular complexity index is 256. The summed E-state index contributed by atoms with van der Waals surface area (Å²) in [7, 11) is 0. The Morgan fingerprint density at radius 1 is 1.33 bits per heavy atom. The molecular formula is C10H16N2. The number of rotatable bonds is 2. The first-order valence-electron chi connectivity index (χ1n) is 4.30. The Labute approximate surface area is 73.8 Å². The topological polar surface area (TPSA) is 38.9 Å². The number of aryl methyl sites for hydroxylation is 1. The van der Waals surface area contributed by atoms with E-state index in [1.807, 2.05) is 32.0 Å². The summed E-state index contributed by atoms with van der Waals surface area (Å²) in [6.45, 7) is 6.11. The first-order chi connectivity index (χ1) is 5.61. The second-order valence-corrected chi connectivity index (χ2v) is 3.35. The summed E-state index contributed by atoms with van der Waals surface area (Å²) in [5.74, 6) is 0.338. The molecule has 1 aromatic rings. The molecule has 0 amide bonds. The number of hydrogen-bond acceptors (Lipinski definition) is 2. The highest BCUT2D eigenvalue weighted by Crippen LogP contribution is 2.15. The Balaban J connectivity index is 2.88. The maximum absolute atomic E-state index is 5.78. The standard InChI is InChI=1S/C10H16N2/c1-7-5-4-6-10(12-7)8(2)9(3)11/h4-6,8-9H,11H2,1-3H3. The minimum Gasteiger partial charge on any atom is -0.327 e. The van der Waals surface area contributed by atoms with Gasteiger partial charge < -0.3 is 5.73 Å². The minimum absolute atomic E-state index is 0.166. The summed E-state index contributed by atoms with van der Waals surface area (Å²) in [5, 5.41) is 0. The average Bonchev–Trinajstić information content (AvgIpc) is 2.03. The molecule has 1 heterocycles. The summed E-state index contributed by atoms with van der Waals surface area (Å²) in [6.07, 6.45) is 0. The summed E-state index contributed by atoms with van der Waals surface area (Å²) in [4.78, 5) is 4.41. The van der Waals surface area contributed by atoms with Crippen molar-refractivity contribution in [2.75, 3.05) is 0 Å². The smallest absolute Gasteiger partial charge is 0.0450 e. The lowest BCUT2D eigenvalue weighted by atomic mass is 10.00. The van der Waals surface area contributed by atoms with E-state index in [0.717, 1.165) is 11.4 Å². The van der Waals surface area contributed by atoms with Gasteiger partial charge in [0.1, 0.15) is 0 Å². The van der Waals surface area contributed by atoms with Crippen molar-refractivity contribution in [3.63, 3.8) is 0 Å². The fourth-order valence-electron chi connectivity index (χ4n) is 1.09. The molecule has 2 nitrogen and oxygen atoms in total. The van der Waals surface area contributed by atoms with Crippen molar-refractivity contribution in [3.8, 4) is 0 Å². The number of hydrogen-bond donors (Lipinski definition) is 1. The normalized spacial score (nSPS) is 15.7. The van der Waals surface area contributed by atoms with Crippen LogP contribution in [0.2, 0.25) is 0 Å². The number of nitrogens with zero attached hydrogens (tertiary/aromatic N) is 1. The number of aromatic nitrogens is 1. The van der Waals surface area contributed by atoms with Crippen molar-refractivity contribution >= 4 is 0 Å². The molecule has 1 rings (SSSR count). The molecule has 0 aliphatic carbocycles. The Kier molecular flexibility index (Phi) is 2.82. The highest BCUT2D eigenvalue weighted by atomic mass is 14.7. The van der Waals surface area contributed by atoms with Crippen LogP contribution in [-0.2, 0) is 0 Å². The van der Waals surface area contributed by atoms with Crippen LogP contribution in [0.5, 0.6) is 0 Å². The first kappa shape index (κ1) is 9.20. The zero-order valence-corrected chi connectivity index (χ0v) is 7.91. The van der Waals surface area contributed by atoms with Gasteiger partial charge in [-0.25, -0.2) is 0 Å². The fourth-order valence-corrected chi connectivity index (χ4v) is 1.09. The van der Waals surface area contributed by atoms with Gasteiger partial charge in [-0.1, -0.05) is 13.0 Å². The molecule has 0 radical (unpaired) electrons. The van der Waals surface area contributed by atoms with Crippen molar-refractivity contribution in [1.29, 1.82) is 0 Å². The van der Waals surface area contributed by atoms with Crippen LogP contribution in [0.4, 0.5) is 0 Å². The summed E-state index contributed by atoms with van der Waals surface area (Å²) in [6, 6.07) is 6.22. The van der Waals surface area contributed by atoms with Crippen LogP contribution in [0.1, 0.15) is 31.2 Å². The van der Waals surface area contributed by atoms with Gasteiger partial charge in [-0.15, -0.1) is 0 Å². The van der Waals surface area contributed by atoms with E-state index < -0.39 is 0 Å². The molecule has 0 fully saturated rings. The summed E-state index contributed by atoms with van der Waals surface area (Å²) >= 11 is 0. The van der Waals surface area contributed by atoms with E-state index in [0.29, 0.717) is 5.92 Å². The van der Waals surface area contributed by atoms with Crippen molar-refractivity contribution in [3.05, 3.63) is 29.6 Å². The zero-order valence-electron chi connectivity index (χ0n) is 7.91. The van der Waals surface area contributed by atoms with Gasteiger partial charge in [-0.3, -0.25) is 4.98 Å². The predicted octanol–water partition coefficient (Wildman–Crippen LogP) is 1.84. The van der Waals surface area contributed by atoms with Crippen molar-refractivity contribution in [1.82, 2.24) is 4.98 Å². The van der Waals surface area contributed by atoms with Crippen LogP contribution in [0.25, 0.3) is 0 Å². The van der Waals surface area contributed by atoms with Crippen molar-refractivity contribution in [2.45, 2.75) is 32.7 Å². The van der Waals surface area contributed by atoms with E-state index in [1.165, 1.54) is 0 Å². The van der Waals surface area contributed by atoms with Gasteiger partial charge in [-0.05, 0) is 26.0 Å². The lowest BCUT2D eigenvalue weighted by Gasteiger charge is -2.14. The Morgan fingerprint density at radius 2 is 2.00 bits per heavy atom. The maximum Gasteiger partial charge on any atom is 0.0450 e. The highest BCUT2D eigenvalue weighted by Gasteiger charge is 2.10. The molecule has 2 heteroatoms. The van der Waals surface area contributed by atoms with E-state index >= 15 is 0 Å². The predicted molar refractivity (Wildman–Crippen MR) is 51.0 cm³/mol. The van der Waals surface area contributed by atoms with Crippen LogP contribution in [0, 0.1) is 6.92 Å². The van der Waals surface area contributed by atoms with Crippen LogP contribution < -0.4 is 5.73 Å². The molecular weight excluding hydrogens is 148 g/mol. The highest BCUT2D eigenvalue weighted by molar-refractivity contribution is 5.14. The summed E-state index contributed by atoms with van der Waals surface area (Å²) < 4.78 is 0. The molecule has 1 aromatic heterocycles. The van der Waals surface area contributed by atoms with Crippen LogP contribution in [0.15, 0.2) is 18.2 Å². The zero-order chi connectivity index (χ0) is 9.14. The molecule has 2 N–H and O–H groups in total. The van der Waals surface area contributed by atoms with E-state index in [9.17, 15) is 0 Å². The molecule has 2 atom stereocenters. The third-order valence-corrected chi connectivity index (χ3v) is 2.17. The van der Waals surface area contributed by atoms with Gasteiger partial charge in [0.05, 0.1) is 0 Å². The lowest BCUT2D eigenvalue weighted by Crippen LogP contribution is -2.23. The van der Waals surface area contributed by atoms with Gasteiger partial charge in [0.15, 0.2) is 0 Å². The lowest BCUT2D eigenvalue weighted by molar-refractivity contribution is 0.597. The van der Waals surface area contributed by atoms with Gasteiger partial charge in [0.25, 0.3) is 0 Å². The van der Waals surface area contributed by atoms with Crippen LogP contribution in [0.3, 0.4) is 0 Å².